The van der Waals surface area contributed by atoms with E-state index in [2.05, 4.69) is 67.3 Å². The second-order valence-electron chi connectivity index (χ2n) is 5.53. The van der Waals surface area contributed by atoms with Crippen LogP contribution in [0.3, 0.4) is 0 Å². The molecule has 2 nitrogen and oxygen atoms in total. The van der Waals surface area contributed by atoms with Gasteiger partial charge in [-0.2, -0.15) is 0 Å². The zero-order chi connectivity index (χ0) is 15.3. The lowest BCUT2D eigenvalue weighted by atomic mass is 10.0. The second-order valence-corrected chi connectivity index (χ2v) is 6.69. The fraction of sp³-hybridized carbons (Fsp3) is 0.647. The summed E-state index contributed by atoms with van der Waals surface area (Å²) in [5, 5.41) is 0. The van der Waals surface area contributed by atoms with Crippen LogP contribution in [0.25, 0.3) is 0 Å². The van der Waals surface area contributed by atoms with Gasteiger partial charge in [0.15, 0.2) is 0 Å². The molecule has 0 unspecified atom stereocenters. The van der Waals surface area contributed by atoms with Gasteiger partial charge in [0.05, 0.1) is 5.69 Å². The standard InChI is InChI=1S/C15H22INO.C2H6/c1-5-7-17(6-2)13-9-14-11(8-12(13)16)10-15(3,4)18-14;1-2/h8-9H,5-7,10H2,1-4H3;1-2H3. The molecule has 0 fully saturated rings. The van der Waals surface area contributed by atoms with Gasteiger partial charge >= 0.3 is 0 Å². The lowest BCUT2D eigenvalue weighted by molar-refractivity contribution is 0.138. The van der Waals surface area contributed by atoms with Crippen LogP contribution in [0.5, 0.6) is 5.75 Å². The Morgan fingerprint density at radius 1 is 1.25 bits per heavy atom. The molecular formula is C17H28INO. The smallest absolute Gasteiger partial charge is 0.125 e. The van der Waals surface area contributed by atoms with Gasteiger partial charge in [-0.05, 0) is 61.4 Å². The highest BCUT2D eigenvalue weighted by molar-refractivity contribution is 14.1. The lowest BCUT2D eigenvalue weighted by Crippen LogP contribution is -2.25. The van der Waals surface area contributed by atoms with E-state index >= 15 is 0 Å². The van der Waals surface area contributed by atoms with E-state index in [1.807, 2.05) is 13.8 Å². The van der Waals surface area contributed by atoms with Gasteiger partial charge in [0.25, 0.3) is 0 Å². The van der Waals surface area contributed by atoms with Crippen LogP contribution in [0.2, 0.25) is 0 Å². The third kappa shape index (κ3) is 4.03. The summed E-state index contributed by atoms with van der Waals surface area (Å²) in [5.41, 5.74) is 2.61. The Kier molecular flexibility index (Phi) is 6.62. The Hall–Kier alpha value is -0.450. The molecule has 0 spiro atoms. The van der Waals surface area contributed by atoms with Crippen molar-refractivity contribution in [2.45, 2.75) is 60.0 Å². The Morgan fingerprint density at radius 2 is 1.90 bits per heavy atom. The van der Waals surface area contributed by atoms with Crippen molar-refractivity contribution in [1.82, 2.24) is 0 Å². The average Bonchev–Trinajstić information content (AvgIpc) is 2.70. The summed E-state index contributed by atoms with van der Waals surface area (Å²) in [5.74, 6) is 1.07. The first-order valence-corrected chi connectivity index (χ1v) is 8.81. The number of anilines is 1. The van der Waals surface area contributed by atoms with Gasteiger partial charge in [-0.15, -0.1) is 0 Å². The molecule has 0 bridgehead atoms. The molecule has 20 heavy (non-hydrogen) atoms. The van der Waals surface area contributed by atoms with Gasteiger partial charge in [-0.25, -0.2) is 0 Å². The van der Waals surface area contributed by atoms with Gasteiger partial charge in [0.1, 0.15) is 11.4 Å². The van der Waals surface area contributed by atoms with Gasteiger partial charge < -0.3 is 9.64 Å². The third-order valence-electron chi connectivity index (χ3n) is 3.35. The summed E-state index contributed by atoms with van der Waals surface area (Å²) in [7, 11) is 0. The summed E-state index contributed by atoms with van der Waals surface area (Å²) in [6, 6.07) is 4.52. The number of hydrogen-bond acceptors (Lipinski definition) is 2. The van der Waals surface area contributed by atoms with Crippen molar-refractivity contribution < 1.29 is 4.74 Å². The minimum atomic E-state index is -0.0498. The molecule has 0 amide bonds. The van der Waals surface area contributed by atoms with Crippen LogP contribution in [0.4, 0.5) is 5.69 Å². The molecule has 0 radical (unpaired) electrons. The first kappa shape index (κ1) is 17.6. The lowest BCUT2D eigenvalue weighted by Gasteiger charge is -2.24. The molecule has 2 rings (SSSR count). The fourth-order valence-electron chi connectivity index (χ4n) is 2.57. The van der Waals surface area contributed by atoms with E-state index < -0.39 is 0 Å². The number of benzene rings is 1. The average molecular weight is 389 g/mol. The second kappa shape index (κ2) is 7.53. The topological polar surface area (TPSA) is 12.5 Å². The normalized spacial score (nSPS) is 14.9. The SMILES string of the molecule is CC.CCCN(CC)c1cc2c(cc1I)CC(C)(C)O2. The van der Waals surface area contributed by atoms with Crippen molar-refractivity contribution >= 4 is 28.3 Å². The van der Waals surface area contributed by atoms with Gasteiger partial charge in [0.2, 0.25) is 0 Å². The van der Waals surface area contributed by atoms with Gasteiger partial charge in [-0.1, -0.05) is 20.8 Å². The van der Waals surface area contributed by atoms with Crippen LogP contribution >= 0.6 is 22.6 Å². The molecule has 0 aromatic heterocycles. The maximum Gasteiger partial charge on any atom is 0.125 e. The highest BCUT2D eigenvalue weighted by Gasteiger charge is 2.31. The summed E-state index contributed by atoms with van der Waals surface area (Å²) < 4.78 is 7.37. The van der Waals surface area contributed by atoms with Crippen molar-refractivity contribution in [3.8, 4) is 5.75 Å². The van der Waals surface area contributed by atoms with Gasteiger partial charge in [-0.3, -0.25) is 0 Å². The molecule has 0 saturated carbocycles. The number of hydrogen-bond donors (Lipinski definition) is 0. The monoisotopic (exact) mass is 389 g/mol. The molecule has 3 heteroatoms. The molecular weight excluding hydrogens is 361 g/mol. The van der Waals surface area contributed by atoms with Crippen molar-refractivity contribution in [1.29, 1.82) is 0 Å². The van der Waals surface area contributed by atoms with Crippen LogP contribution in [0.1, 0.15) is 53.5 Å². The first-order chi connectivity index (χ1) is 9.46. The Bertz CT molecular complexity index is 443. The number of rotatable bonds is 4. The van der Waals surface area contributed by atoms with Crippen molar-refractivity contribution in [2.75, 3.05) is 18.0 Å². The van der Waals surface area contributed by atoms with E-state index in [0.717, 1.165) is 25.3 Å². The Balaban J connectivity index is 0.000000956. The maximum atomic E-state index is 6.03. The van der Waals surface area contributed by atoms with Gasteiger partial charge in [0, 0.05) is 29.1 Å². The van der Waals surface area contributed by atoms with Crippen molar-refractivity contribution in [3.63, 3.8) is 0 Å². The minimum Gasteiger partial charge on any atom is -0.487 e. The van der Waals surface area contributed by atoms with E-state index in [1.165, 1.54) is 21.2 Å². The molecule has 0 saturated heterocycles. The molecule has 1 aromatic carbocycles. The number of fused-ring (bicyclic) bond motifs is 1. The van der Waals surface area contributed by atoms with E-state index in [4.69, 9.17) is 4.74 Å². The zero-order valence-electron chi connectivity index (χ0n) is 13.7. The Labute approximate surface area is 138 Å². The molecule has 1 aliphatic rings. The van der Waals surface area contributed by atoms with Crippen LogP contribution in [-0.4, -0.2) is 18.7 Å². The molecule has 1 heterocycles. The number of halogens is 1. The summed E-state index contributed by atoms with van der Waals surface area (Å²) in [4.78, 5) is 2.43. The predicted molar refractivity (Wildman–Crippen MR) is 97.1 cm³/mol. The first-order valence-electron chi connectivity index (χ1n) is 7.73. The molecule has 114 valence electrons. The quantitative estimate of drug-likeness (QED) is 0.651. The largest absolute Gasteiger partial charge is 0.487 e. The van der Waals surface area contributed by atoms with Crippen LogP contribution in [-0.2, 0) is 6.42 Å². The Morgan fingerprint density at radius 3 is 2.45 bits per heavy atom. The van der Waals surface area contributed by atoms with Crippen molar-refractivity contribution in [3.05, 3.63) is 21.3 Å². The summed E-state index contributed by atoms with van der Waals surface area (Å²) >= 11 is 2.45. The predicted octanol–water partition coefficient (Wildman–Crippen LogP) is 5.27. The maximum absolute atomic E-state index is 6.03. The fourth-order valence-corrected chi connectivity index (χ4v) is 3.44. The summed E-state index contributed by atoms with van der Waals surface area (Å²) in [6.45, 7) is 14.9. The van der Waals surface area contributed by atoms with Crippen LogP contribution in [0, 0.1) is 3.57 Å². The highest BCUT2D eigenvalue weighted by atomic mass is 127. The molecule has 1 aromatic rings. The van der Waals surface area contributed by atoms with E-state index in [0.29, 0.717) is 0 Å². The summed E-state index contributed by atoms with van der Waals surface area (Å²) in [6.07, 6.45) is 2.19. The number of ether oxygens (including phenoxy) is 1. The molecule has 0 aliphatic carbocycles. The third-order valence-corrected chi connectivity index (χ3v) is 4.21. The molecule has 1 aliphatic heterocycles. The number of nitrogens with zero attached hydrogens (tertiary/aromatic N) is 1. The van der Waals surface area contributed by atoms with E-state index in [9.17, 15) is 0 Å². The van der Waals surface area contributed by atoms with E-state index in [-0.39, 0.29) is 5.60 Å². The van der Waals surface area contributed by atoms with Crippen LogP contribution < -0.4 is 9.64 Å². The molecule has 0 atom stereocenters. The van der Waals surface area contributed by atoms with Crippen LogP contribution in [0.15, 0.2) is 12.1 Å². The zero-order valence-corrected chi connectivity index (χ0v) is 15.9. The van der Waals surface area contributed by atoms with E-state index in [1.54, 1.807) is 0 Å². The molecule has 0 N–H and O–H groups in total. The highest BCUT2D eigenvalue weighted by Crippen LogP contribution is 2.39. The van der Waals surface area contributed by atoms with Crippen molar-refractivity contribution in [2.24, 2.45) is 0 Å². The minimum absolute atomic E-state index is 0.0498.